The number of hydrogen-bond acceptors (Lipinski definition) is 5. The van der Waals surface area contributed by atoms with Crippen LogP contribution in [0.2, 0.25) is 0 Å². The lowest BCUT2D eigenvalue weighted by Gasteiger charge is -2.66. The minimum atomic E-state index is -1.14. The van der Waals surface area contributed by atoms with E-state index in [2.05, 4.69) is 0 Å². The molecule has 1 saturated heterocycles. The number of benzene rings is 1. The Bertz CT molecular complexity index is 734. The maximum Gasteiger partial charge on any atom is 0.166 e. The van der Waals surface area contributed by atoms with Crippen molar-refractivity contribution in [2.75, 3.05) is 20.7 Å². The van der Waals surface area contributed by atoms with Crippen molar-refractivity contribution in [2.24, 2.45) is 0 Å². The van der Waals surface area contributed by atoms with Crippen molar-refractivity contribution in [3.05, 3.63) is 28.5 Å². The van der Waals surface area contributed by atoms with Crippen LogP contribution in [-0.4, -0.2) is 59.4 Å². The number of methoxy groups -OCH3 is 1. The first-order valence-corrected chi connectivity index (χ1v) is 8.69. The summed E-state index contributed by atoms with van der Waals surface area (Å²) in [6.07, 6.45) is 0.795. The maximum atomic E-state index is 13.1. The van der Waals surface area contributed by atoms with Crippen LogP contribution in [0.1, 0.15) is 30.4 Å². The number of likely N-dealkylation sites (N-methyl/N-ethyl adjacent to an activating group) is 1. The van der Waals surface area contributed by atoms with E-state index in [9.17, 15) is 15.4 Å². The number of quaternary nitrogens is 1. The molecule has 6 unspecified atom stereocenters. The second kappa shape index (κ2) is 4.25. The van der Waals surface area contributed by atoms with Gasteiger partial charge in [0.05, 0.1) is 32.2 Å². The van der Waals surface area contributed by atoms with E-state index >= 15 is 0 Å². The molecule has 0 aromatic heterocycles. The molecule has 4 aliphatic rings. The number of ether oxygens (including phenoxy) is 2. The Kier molecular flexibility index (Phi) is 2.65. The standard InChI is InChI=1S/C18H23NO5/c1-19(22)8-7-17-14-10-3-4-12(23-2)15(14)24-16(17)11(20)5-6-18(17,21)13(19)9-10/h3-4,11,13,16,20-21H,5-9H2,1-2H3. The van der Waals surface area contributed by atoms with Gasteiger partial charge >= 0.3 is 0 Å². The van der Waals surface area contributed by atoms with Crippen molar-refractivity contribution in [1.29, 1.82) is 0 Å². The second-order valence-corrected chi connectivity index (χ2v) is 8.04. The van der Waals surface area contributed by atoms with Gasteiger partial charge in [0.2, 0.25) is 0 Å². The molecule has 6 heteroatoms. The van der Waals surface area contributed by atoms with Crippen LogP contribution in [0.25, 0.3) is 0 Å². The van der Waals surface area contributed by atoms with Crippen LogP contribution < -0.4 is 9.47 Å². The van der Waals surface area contributed by atoms with Crippen molar-refractivity contribution >= 4 is 0 Å². The third-order valence-corrected chi connectivity index (χ3v) is 7.12. The molecule has 2 bridgehead atoms. The third-order valence-electron chi connectivity index (χ3n) is 7.12. The molecule has 24 heavy (non-hydrogen) atoms. The minimum absolute atomic E-state index is 0.420. The lowest BCUT2D eigenvalue weighted by atomic mass is 9.48. The highest BCUT2D eigenvalue weighted by molar-refractivity contribution is 5.62. The van der Waals surface area contributed by atoms with Crippen LogP contribution in [0.3, 0.4) is 0 Å². The molecule has 1 saturated carbocycles. The van der Waals surface area contributed by atoms with Gasteiger partial charge in [-0.2, -0.15) is 0 Å². The zero-order chi connectivity index (χ0) is 16.9. The number of piperidine rings is 1. The van der Waals surface area contributed by atoms with Crippen molar-refractivity contribution in [3.8, 4) is 11.5 Å². The van der Waals surface area contributed by atoms with Gasteiger partial charge in [0.25, 0.3) is 0 Å². The molecule has 1 aromatic carbocycles. The first-order chi connectivity index (χ1) is 11.3. The topological polar surface area (TPSA) is 82.0 Å². The first kappa shape index (κ1) is 15.0. The molecule has 130 valence electrons. The fraction of sp³-hybridized carbons (Fsp3) is 0.667. The lowest BCUT2D eigenvalue weighted by molar-refractivity contribution is -0.904. The van der Waals surface area contributed by atoms with E-state index in [-0.39, 0.29) is 0 Å². The van der Waals surface area contributed by atoms with Crippen molar-refractivity contribution in [1.82, 2.24) is 0 Å². The molecular formula is C18H23NO5. The van der Waals surface area contributed by atoms with Crippen LogP contribution in [0.4, 0.5) is 0 Å². The zero-order valence-corrected chi connectivity index (χ0v) is 14.0. The van der Waals surface area contributed by atoms with Gasteiger partial charge in [0.15, 0.2) is 11.5 Å². The van der Waals surface area contributed by atoms with Crippen LogP contribution >= 0.6 is 0 Å². The summed E-state index contributed by atoms with van der Waals surface area (Å²) in [5.74, 6) is 1.29. The van der Waals surface area contributed by atoms with E-state index in [4.69, 9.17) is 9.47 Å². The smallest absolute Gasteiger partial charge is 0.166 e. The largest absolute Gasteiger partial charge is 0.633 e. The average molecular weight is 333 g/mol. The second-order valence-electron chi connectivity index (χ2n) is 8.04. The number of rotatable bonds is 1. The molecule has 2 heterocycles. The number of hydrogen-bond donors (Lipinski definition) is 2. The van der Waals surface area contributed by atoms with E-state index in [1.54, 1.807) is 14.2 Å². The highest BCUT2D eigenvalue weighted by atomic mass is 16.6. The van der Waals surface area contributed by atoms with E-state index in [0.29, 0.717) is 43.7 Å². The number of aliphatic hydroxyl groups excluding tert-OH is 1. The van der Waals surface area contributed by atoms with Crippen LogP contribution in [0, 0.1) is 5.21 Å². The van der Waals surface area contributed by atoms with Crippen LogP contribution in [0.5, 0.6) is 11.5 Å². The Hall–Kier alpha value is -1.34. The van der Waals surface area contributed by atoms with Gasteiger partial charge in [-0.1, -0.05) is 6.07 Å². The summed E-state index contributed by atoms with van der Waals surface area (Å²) in [5, 5.41) is 35.5. The molecule has 0 radical (unpaired) electrons. The fourth-order valence-corrected chi connectivity index (χ4v) is 6.05. The molecule has 2 fully saturated rings. The normalized spacial score (nSPS) is 47.8. The molecule has 5 rings (SSSR count). The van der Waals surface area contributed by atoms with E-state index in [0.717, 1.165) is 11.1 Å². The highest BCUT2D eigenvalue weighted by Crippen LogP contribution is 2.66. The fourth-order valence-electron chi connectivity index (χ4n) is 6.05. The SMILES string of the molecule is COc1ccc2c3c1OC1C(O)CCC4(O)C(C2)[N+](C)([O-])CCC314. The van der Waals surface area contributed by atoms with Gasteiger partial charge in [-0.25, -0.2) is 0 Å². The van der Waals surface area contributed by atoms with Gasteiger partial charge < -0.3 is 29.5 Å². The Balaban J connectivity index is 1.84. The molecule has 1 spiro atoms. The monoisotopic (exact) mass is 333 g/mol. The number of aliphatic hydroxyl groups is 2. The summed E-state index contributed by atoms with van der Waals surface area (Å²) >= 11 is 0. The molecule has 6 atom stereocenters. The van der Waals surface area contributed by atoms with Gasteiger partial charge in [-0.05, 0) is 24.5 Å². The number of nitrogens with zero attached hydrogens (tertiary/aromatic N) is 1. The Labute approximate surface area is 140 Å². The van der Waals surface area contributed by atoms with Gasteiger partial charge in [-0.15, -0.1) is 0 Å². The molecule has 6 nitrogen and oxygen atoms in total. The van der Waals surface area contributed by atoms with Crippen molar-refractivity contribution < 1.29 is 24.3 Å². The van der Waals surface area contributed by atoms with E-state index in [1.165, 1.54) is 0 Å². The molecule has 2 N–H and O–H groups in total. The summed E-state index contributed by atoms with van der Waals surface area (Å²) in [6, 6.07) is 3.44. The summed E-state index contributed by atoms with van der Waals surface area (Å²) in [5.41, 5.74) is 0.187. The molecular weight excluding hydrogens is 310 g/mol. The Morgan fingerprint density at radius 1 is 1.38 bits per heavy atom. The van der Waals surface area contributed by atoms with Gasteiger partial charge in [-0.3, -0.25) is 0 Å². The van der Waals surface area contributed by atoms with Crippen LogP contribution in [0.15, 0.2) is 12.1 Å². The predicted octanol–water partition coefficient (Wildman–Crippen LogP) is 0.853. The molecule has 2 aliphatic heterocycles. The average Bonchev–Trinajstić information content (AvgIpc) is 2.90. The minimum Gasteiger partial charge on any atom is -0.633 e. The van der Waals surface area contributed by atoms with E-state index in [1.807, 2.05) is 12.1 Å². The van der Waals surface area contributed by atoms with Crippen LogP contribution in [-0.2, 0) is 11.8 Å². The molecule has 1 aromatic rings. The molecule has 2 aliphatic carbocycles. The van der Waals surface area contributed by atoms with Gasteiger partial charge in [0.1, 0.15) is 17.7 Å². The van der Waals surface area contributed by atoms with Gasteiger partial charge in [0, 0.05) is 18.4 Å². The number of hydroxylamine groups is 3. The summed E-state index contributed by atoms with van der Waals surface area (Å²) < 4.78 is 11.2. The summed E-state index contributed by atoms with van der Waals surface area (Å²) in [7, 11) is 3.27. The van der Waals surface area contributed by atoms with Crippen molar-refractivity contribution in [2.45, 2.75) is 54.9 Å². The molecule has 0 amide bonds. The van der Waals surface area contributed by atoms with Crippen molar-refractivity contribution in [3.63, 3.8) is 0 Å². The predicted molar refractivity (Wildman–Crippen MR) is 85.8 cm³/mol. The Morgan fingerprint density at radius 3 is 2.92 bits per heavy atom. The lowest BCUT2D eigenvalue weighted by Crippen LogP contribution is -2.79. The highest BCUT2D eigenvalue weighted by Gasteiger charge is 2.75. The first-order valence-electron chi connectivity index (χ1n) is 8.69. The number of likely N-dealkylation sites (tertiary alicyclic amines) is 1. The quantitative estimate of drug-likeness (QED) is 0.588. The Morgan fingerprint density at radius 2 is 2.17 bits per heavy atom. The summed E-state index contributed by atoms with van der Waals surface area (Å²) in [6.45, 7) is 0.426. The third kappa shape index (κ3) is 1.39. The maximum absolute atomic E-state index is 13.1. The van der Waals surface area contributed by atoms with E-state index < -0.39 is 33.9 Å². The zero-order valence-electron chi connectivity index (χ0n) is 14.0. The summed E-state index contributed by atoms with van der Waals surface area (Å²) in [4.78, 5) is 0.